The molecule has 0 atom stereocenters. The molecular weight excluding hydrogens is 342 g/mol. The molecule has 0 saturated heterocycles. The van der Waals surface area contributed by atoms with Crippen molar-refractivity contribution in [2.24, 2.45) is 5.73 Å². The van der Waals surface area contributed by atoms with Crippen LogP contribution in [0.4, 0.5) is 10.5 Å². The number of nitrogens with one attached hydrogen (secondary N) is 1. The normalized spacial score (nSPS) is 13.7. The molecule has 25 heavy (non-hydrogen) atoms. The summed E-state index contributed by atoms with van der Waals surface area (Å²) >= 11 is 0. The maximum absolute atomic E-state index is 12.8. The van der Waals surface area contributed by atoms with Crippen LogP contribution < -0.4 is 20.7 Å². The van der Waals surface area contributed by atoms with E-state index in [9.17, 15) is 13.2 Å². The minimum Gasteiger partial charge on any atom is -0.490 e. The summed E-state index contributed by atoms with van der Waals surface area (Å²) < 4.78 is 31.1. The number of hydrogen-bond acceptors (Lipinski definition) is 5. The zero-order chi connectivity index (χ0) is 17.9. The molecule has 2 amide bonds. The summed E-state index contributed by atoms with van der Waals surface area (Å²) in [5.74, 6) is 0.473. The van der Waals surface area contributed by atoms with Gasteiger partial charge < -0.3 is 15.8 Å². The van der Waals surface area contributed by atoms with Crippen molar-refractivity contribution < 1.29 is 17.9 Å². The number of amides is 2. The summed E-state index contributed by atoms with van der Waals surface area (Å²) in [6, 6.07) is 12.4. The summed E-state index contributed by atoms with van der Waals surface area (Å²) in [5.41, 5.74) is 5.84. The molecule has 1 heterocycles. The summed E-state index contributed by atoms with van der Waals surface area (Å²) in [4.78, 5) is 14.1. The molecule has 7 nitrogen and oxygen atoms in total. The van der Waals surface area contributed by atoms with Crippen molar-refractivity contribution in [3.63, 3.8) is 0 Å². The fourth-order valence-corrected chi connectivity index (χ4v) is 3.89. The van der Waals surface area contributed by atoms with Gasteiger partial charge in [-0.1, -0.05) is 18.2 Å². The van der Waals surface area contributed by atoms with Gasteiger partial charge in [-0.15, -0.1) is 0 Å². The molecule has 0 radical (unpaired) electrons. The maximum Gasteiger partial charge on any atom is 0.322 e. The first-order chi connectivity index (χ1) is 12.0. The maximum atomic E-state index is 12.8. The fourth-order valence-electron chi connectivity index (χ4n) is 2.59. The molecule has 2 aromatic carbocycles. The Morgan fingerprint density at radius 1 is 1.16 bits per heavy atom. The average molecular weight is 361 g/mol. The second-order valence-corrected chi connectivity index (χ2v) is 7.42. The molecule has 0 spiro atoms. The van der Waals surface area contributed by atoms with Crippen molar-refractivity contribution in [2.45, 2.75) is 9.79 Å². The van der Waals surface area contributed by atoms with Crippen molar-refractivity contribution in [3.8, 4) is 5.75 Å². The smallest absolute Gasteiger partial charge is 0.322 e. The standard InChI is InChI=1S/C17H19N3O4S/c18-8-9-19-17(21)20-10-11-24-16-7-6-14(12-15(16)20)25(22,23)13-4-2-1-3-5-13/h1-7,12H,8-11,18H2,(H,19,21). The highest BCUT2D eigenvalue weighted by Crippen LogP contribution is 2.35. The summed E-state index contributed by atoms with van der Waals surface area (Å²) in [7, 11) is -3.67. The molecule has 1 aliphatic heterocycles. The van der Waals surface area contributed by atoms with Gasteiger partial charge in [-0.05, 0) is 30.3 Å². The lowest BCUT2D eigenvalue weighted by Crippen LogP contribution is -2.45. The van der Waals surface area contributed by atoms with Crippen LogP contribution in [-0.4, -0.2) is 40.7 Å². The highest BCUT2D eigenvalue weighted by molar-refractivity contribution is 7.91. The molecule has 3 rings (SSSR count). The minimum atomic E-state index is -3.67. The van der Waals surface area contributed by atoms with E-state index < -0.39 is 9.84 Å². The van der Waals surface area contributed by atoms with Crippen molar-refractivity contribution in [1.82, 2.24) is 5.32 Å². The topological polar surface area (TPSA) is 102 Å². The van der Waals surface area contributed by atoms with Gasteiger partial charge in [0.05, 0.1) is 22.0 Å². The van der Waals surface area contributed by atoms with Crippen LogP contribution in [0.15, 0.2) is 58.3 Å². The molecule has 0 bridgehead atoms. The Morgan fingerprint density at radius 3 is 2.64 bits per heavy atom. The largest absolute Gasteiger partial charge is 0.490 e. The van der Waals surface area contributed by atoms with E-state index in [0.717, 1.165) is 0 Å². The van der Waals surface area contributed by atoms with Gasteiger partial charge in [0.25, 0.3) is 0 Å². The monoisotopic (exact) mass is 361 g/mol. The third-order valence-electron chi connectivity index (χ3n) is 3.82. The molecule has 0 fully saturated rings. The first kappa shape index (κ1) is 17.2. The van der Waals surface area contributed by atoms with Crippen molar-refractivity contribution >= 4 is 21.6 Å². The predicted molar refractivity (Wildman–Crippen MR) is 93.6 cm³/mol. The van der Waals surface area contributed by atoms with Crippen LogP contribution >= 0.6 is 0 Å². The van der Waals surface area contributed by atoms with Crippen LogP contribution in [0.25, 0.3) is 0 Å². The highest BCUT2D eigenvalue weighted by Gasteiger charge is 2.26. The number of ether oxygens (including phenoxy) is 1. The van der Waals surface area contributed by atoms with E-state index in [1.807, 2.05) is 0 Å². The summed E-state index contributed by atoms with van der Waals surface area (Å²) in [5, 5.41) is 2.69. The Kier molecular flexibility index (Phi) is 4.91. The average Bonchev–Trinajstić information content (AvgIpc) is 2.65. The van der Waals surface area contributed by atoms with Gasteiger partial charge in [-0.25, -0.2) is 13.2 Å². The third kappa shape index (κ3) is 3.45. The Balaban J connectivity index is 1.99. The van der Waals surface area contributed by atoms with Crippen molar-refractivity contribution in [2.75, 3.05) is 31.1 Å². The van der Waals surface area contributed by atoms with E-state index in [0.29, 0.717) is 37.7 Å². The molecule has 8 heteroatoms. The lowest BCUT2D eigenvalue weighted by molar-refractivity contribution is 0.240. The predicted octanol–water partition coefficient (Wildman–Crippen LogP) is 1.39. The number of anilines is 1. The first-order valence-electron chi connectivity index (χ1n) is 7.86. The summed E-state index contributed by atoms with van der Waals surface area (Å²) in [6.07, 6.45) is 0. The van der Waals surface area contributed by atoms with E-state index >= 15 is 0 Å². The quantitative estimate of drug-likeness (QED) is 0.857. The van der Waals surface area contributed by atoms with Gasteiger partial charge in [0.15, 0.2) is 0 Å². The Bertz CT molecular complexity index is 869. The lowest BCUT2D eigenvalue weighted by Gasteiger charge is -2.30. The molecule has 0 unspecified atom stereocenters. The number of rotatable bonds is 4. The third-order valence-corrected chi connectivity index (χ3v) is 5.59. The van der Waals surface area contributed by atoms with Crippen LogP contribution in [0.1, 0.15) is 0 Å². The number of nitrogens with two attached hydrogens (primary N) is 1. The van der Waals surface area contributed by atoms with Gasteiger partial charge in [-0.3, -0.25) is 4.90 Å². The Hall–Kier alpha value is -2.58. The Morgan fingerprint density at radius 2 is 1.92 bits per heavy atom. The van der Waals surface area contributed by atoms with E-state index in [4.69, 9.17) is 10.5 Å². The molecule has 2 aromatic rings. The molecular formula is C17H19N3O4S. The first-order valence-corrected chi connectivity index (χ1v) is 9.35. The molecule has 0 aromatic heterocycles. The number of hydrogen-bond donors (Lipinski definition) is 2. The zero-order valence-corrected chi connectivity index (χ0v) is 14.3. The van der Waals surface area contributed by atoms with Gasteiger partial charge in [-0.2, -0.15) is 0 Å². The zero-order valence-electron chi connectivity index (χ0n) is 13.5. The fraction of sp³-hybridized carbons (Fsp3) is 0.235. The number of urea groups is 1. The number of carbonyl (C=O) groups is 1. The van der Waals surface area contributed by atoms with E-state index in [1.165, 1.54) is 29.2 Å². The van der Waals surface area contributed by atoms with Gasteiger partial charge >= 0.3 is 6.03 Å². The summed E-state index contributed by atoms with van der Waals surface area (Å²) in [6.45, 7) is 1.34. The highest BCUT2D eigenvalue weighted by atomic mass is 32.2. The second-order valence-electron chi connectivity index (χ2n) is 5.47. The number of sulfone groups is 1. The van der Waals surface area contributed by atoms with Gasteiger partial charge in [0, 0.05) is 13.1 Å². The number of nitrogens with zero attached hydrogens (tertiary/aromatic N) is 1. The lowest BCUT2D eigenvalue weighted by atomic mass is 10.2. The van der Waals surface area contributed by atoms with Gasteiger partial charge in [0.1, 0.15) is 12.4 Å². The van der Waals surface area contributed by atoms with Crippen LogP contribution in [0, 0.1) is 0 Å². The minimum absolute atomic E-state index is 0.111. The molecule has 3 N–H and O–H groups in total. The van der Waals surface area contributed by atoms with Gasteiger partial charge in [0.2, 0.25) is 9.84 Å². The molecule has 1 aliphatic rings. The second kappa shape index (κ2) is 7.12. The van der Waals surface area contributed by atoms with E-state index in [1.54, 1.807) is 24.3 Å². The van der Waals surface area contributed by atoms with Crippen LogP contribution in [0.2, 0.25) is 0 Å². The van der Waals surface area contributed by atoms with Crippen LogP contribution in [0.5, 0.6) is 5.75 Å². The van der Waals surface area contributed by atoms with Crippen LogP contribution in [-0.2, 0) is 9.84 Å². The number of benzene rings is 2. The Labute approximate surface area is 146 Å². The van der Waals surface area contributed by atoms with E-state index in [-0.39, 0.29) is 15.8 Å². The molecule has 0 aliphatic carbocycles. The number of fused-ring (bicyclic) bond motifs is 1. The number of carbonyl (C=O) groups excluding carboxylic acids is 1. The van der Waals surface area contributed by atoms with Crippen molar-refractivity contribution in [1.29, 1.82) is 0 Å². The van der Waals surface area contributed by atoms with E-state index in [2.05, 4.69) is 5.32 Å². The van der Waals surface area contributed by atoms with Crippen LogP contribution in [0.3, 0.4) is 0 Å². The molecule has 132 valence electrons. The van der Waals surface area contributed by atoms with Crippen molar-refractivity contribution in [3.05, 3.63) is 48.5 Å². The SMILES string of the molecule is NCCNC(=O)N1CCOc2ccc(S(=O)(=O)c3ccccc3)cc21. The molecule has 0 saturated carbocycles.